The Balaban J connectivity index is 1.68. The molecule has 3 aromatic rings. The summed E-state index contributed by atoms with van der Waals surface area (Å²) in [4.78, 5) is 13.3. The molecule has 1 atom stereocenters. The normalized spacial score (nSPS) is 17.2. The lowest BCUT2D eigenvalue weighted by atomic mass is 9.83. The van der Waals surface area contributed by atoms with Gasteiger partial charge in [-0.3, -0.25) is 4.98 Å². The Morgan fingerprint density at radius 3 is 2.68 bits per heavy atom. The van der Waals surface area contributed by atoms with Gasteiger partial charge in [0, 0.05) is 42.2 Å². The summed E-state index contributed by atoms with van der Waals surface area (Å²) in [5.41, 5.74) is 6.10. The molecule has 2 aromatic heterocycles. The highest BCUT2D eigenvalue weighted by Crippen LogP contribution is 2.44. The van der Waals surface area contributed by atoms with E-state index < -0.39 is 8.32 Å². The summed E-state index contributed by atoms with van der Waals surface area (Å²) in [5.74, 6) is 0.428. The number of rotatable bonds is 7. The van der Waals surface area contributed by atoms with E-state index in [-0.39, 0.29) is 17.1 Å². The molecule has 0 saturated heterocycles. The first-order valence-electron chi connectivity index (χ1n) is 12.5. The van der Waals surface area contributed by atoms with Crippen LogP contribution in [0.1, 0.15) is 50.1 Å². The van der Waals surface area contributed by atoms with Crippen molar-refractivity contribution >= 4 is 25.6 Å². The summed E-state index contributed by atoms with van der Waals surface area (Å²) in [5, 5.41) is 26.2. The molecule has 8 nitrogen and oxygen atoms in total. The average molecular weight is 517 g/mol. The Morgan fingerprint density at radius 2 is 2.00 bits per heavy atom. The quantitative estimate of drug-likeness (QED) is 0.345. The largest absolute Gasteiger partial charge is 0.416 e. The number of nitrogens with one attached hydrogen (secondary N) is 2. The third-order valence-corrected chi connectivity index (χ3v) is 12.1. The van der Waals surface area contributed by atoms with E-state index in [1.54, 1.807) is 18.5 Å². The zero-order valence-electron chi connectivity index (χ0n) is 22.7. The molecule has 0 spiro atoms. The second-order valence-electron chi connectivity index (χ2n) is 11.6. The molecule has 1 aliphatic rings. The van der Waals surface area contributed by atoms with Crippen LogP contribution in [0.4, 0.5) is 17.3 Å². The van der Waals surface area contributed by atoms with Crippen molar-refractivity contribution in [1.29, 1.82) is 5.26 Å². The van der Waals surface area contributed by atoms with Crippen LogP contribution < -0.4 is 10.6 Å². The Bertz CT molecular complexity index is 1360. The van der Waals surface area contributed by atoms with Crippen LogP contribution in [-0.2, 0) is 16.4 Å². The molecule has 0 unspecified atom stereocenters. The number of hydrogen-bond acceptors (Lipinski definition) is 8. The molecule has 37 heavy (non-hydrogen) atoms. The van der Waals surface area contributed by atoms with E-state index in [1.807, 2.05) is 19.1 Å². The predicted molar refractivity (Wildman–Crippen MR) is 149 cm³/mol. The van der Waals surface area contributed by atoms with Gasteiger partial charge in [-0.05, 0) is 60.4 Å². The van der Waals surface area contributed by atoms with Gasteiger partial charge in [-0.25, -0.2) is 9.97 Å². The van der Waals surface area contributed by atoms with Gasteiger partial charge in [0.25, 0.3) is 0 Å². The van der Waals surface area contributed by atoms with Crippen LogP contribution in [0.5, 0.6) is 0 Å². The molecular weight excluding hydrogens is 480 g/mol. The molecule has 0 bridgehead atoms. The van der Waals surface area contributed by atoms with Gasteiger partial charge in [0.1, 0.15) is 6.07 Å². The van der Waals surface area contributed by atoms with Gasteiger partial charge in [0.15, 0.2) is 8.32 Å². The van der Waals surface area contributed by atoms with Crippen LogP contribution in [0.15, 0.2) is 36.7 Å². The molecule has 9 heteroatoms. The standard InChI is InChI=1S/C28H36N6O2Si/c1-18-14-31-21(15-35)12-24(18)34-26-30-9-8-23(33-26)19-10-20(13-29)25-22(11-19)28(5,16-32-25)17-36-37(6,7)27(2,3)4/h8-12,14,32,35H,15-17H2,1-7H3,(H,30,31,33,34)/t28-/m1/s1. The summed E-state index contributed by atoms with van der Waals surface area (Å²) in [6, 6.07) is 9.99. The van der Waals surface area contributed by atoms with Crippen LogP contribution in [0, 0.1) is 18.3 Å². The molecule has 4 rings (SSSR count). The number of aliphatic hydroxyl groups is 1. The Hall–Kier alpha value is -3.32. The van der Waals surface area contributed by atoms with E-state index in [1.165, 1.54) is 0 Å². The lowest BCUT2D eigenvalue weighted by Gasteiger charge is -2.39. The molecule has 3 heterocycles. The third-order valence-electron chi connectivity index (χ3n) is 7.64. The number of hydrogen-bond donors (Lipinski definition) is 3. The van der Waals surface area contributed by atoms with E-state index in [9.17, 15) is 10.4 Å². The highest BCUT2D eigenvalue weighted by atomic mass is 28.4. The Labute approximate surface area is 220 Å². The SMILES string of the molecule is Cc1cnc(CO)cc1Nc1nccc(-c2cc(C#N)c3c(c2)[C@@](C)(CO[Si](C)(C)C(C)(C)C)CN3)n1. The van der Waals surface area contributed by atoms with Crippen LogP contribution in [0.3, 0.4) is 0 Å². The van der Waals surface area contributed by atoms with Gasteiger partial charge in [-0.2, -0.15) is 5.26 Å². The van der Waals surface area contributed by atoms with Crippen molar-refractivity contribution in [1.82, 2.24) is 15.0 Å². The fourth-order valence-corrected chi connectivity index (χ4v) is 5.21. The predicted octanol–water partition coefficient (Wildman–Crippen LogP) is 5.66. The molecule has 1 aliphatic heterocycles. The molecule has 0 radical (unpaired) electrons. The second kappa shape index (κ2) is 9.86. The number of aromatic nitrogens is 3. The first-order valence-corrected chi connectivity index (χ1v) is 15.4. The van der Waals surface area contributed by atoms with Gasteiger partial charge < -0.3 is 20.2 Å². The number of pyridine rings is 1. The van der Waals surface area contributed by atoms with E-state index in [4.69, 9.17) is 9.41 Å². The van der Waals surface area contributed by atoms with Crippen molar-refractivity contribution in [2.45, 2.75) is 64.8 Å². The molecule has 1 aromatic carbocycles. The summed E-state index contributed by atoms with van der Waals surface area (Å²) in [7, 11) is -1.94. The zero-order chi connectivity index (χ0) is 27.0. The third kappa shape index (κ3) is 5.37. The van der Waals surface area contributed by atoms with E-state index in [0.717, 1.165) is 28.1 Å². The van der Waals surface area contributed by atoms with Gasteiger partial charge in [-0.15, -0.1) is 0 Å². The van der Waals surface area contributed by atoms with Crippen LogP contribution >= 0.6 is 0 Å². The van der Waals surface area contributed by atoms with Crippen molar-refractivity contribution in [3.63, 3.8) is 0 Å². The fourth-order valence-electron chi connectivity index (χ4n) is 4.10. The fraction of sp³-hybridized carbons (Fsp3) is 0.429. The van der Waals surface area contributed by atoms with Gasteiger partial charge >= 0.3 is 0 Å². The van der Waals surface area contributed by atoms with E-state index in [2.05, 4.69) is 73.5 Å². The minimum atomic E-state index is -1.94. The summed E-state index contributed by atoms with van der Waals surface area (Å²) in [6.45, 7) is 16.5. The van der Waals surface area contributed by atoms with Gasteiger partial charge in [-0.1, -0.05) is 27.7 Å². The Kier molecular flexibility index (Phi) is 7.12. The maximum absolute atomic E-state index is 9.95. The molecule has 0 amide bonds. The summed E-state index contributed by atoms with van der Waals surface area (Å²) >= 11 is 0. The first-order chi connectivity index (χ1) is 17.4. The number of nitrogens with zero attached hydrogens (tertiary/aromatic N) is 4. The number of nitriles is 1. The van der Waals surface area contributed by atoms with Crippen molar-refractivity contribution in [3.8, 4) is 17.3 Å². The number of aliphatic hydroxyl groups excluding tert-OH is 1. The van der Waals surface area contributed by atoms with Gasteiger partial charge in [0.2, 0.25) is 5.95 Å². The highest BCUT2D eigenvalue weighted by molar-refractivity contribution is 6.74. The number of benzene rings is 1. The van der Waals surface area contributed by atoms with Crippen molar-refractivity contribution in [2.75, 3.05) is 23.8 Å². The van der Waals surface area contributed by atoms with Gasteiger partial charge in [0.05, 0.1) is 29.2 Å². The van der Waals surface area contributed by atoms with E-state index >= 15 is 0 Å². The monoisotopic (exact) mass is 516 g/mol. The lowest BCUT2D eigenvalue weighted by molar-refractivity contribution is 0.220. The smallest absolute Gasteiger partial charge is 0.227 e. The van der Waals surface area contributed by atoms with Crippen molar-refractivity contribution in [2.24, 2.45) is 0 Å². The van der Waals surface area contributed by atoms with Crippen LogP contribution in [-0.4, -0.2) is 41.5 Å². The zero-order valence-corrected chi connectivity index (χ0v) is 23.7. The van der Waals surface area contributed by atoms with Crippen LogP contribution in [0.2, 0.25) is 18.1 Å². The Morgan fingerprint density at radius 1 is 1.24 bits per heavy atom. The van der Waals surface area contributed by atoms with Crippen molar-refractivity contribution in [3.05, 3.63) is 59.0 Å². The van der Waals surface area contributed by atoms with Crippen LogP contribution in [0.25, 0.3) is 11.3 Å². The number of anilines is 3. The summed E-state index contributed by atoms with van der Waals surface area (Å²) in [6.07, 6.45) is 3.41. The highest BCUT2D eigenvalue weighted by Gasteiger charge is 2.42. The minimum absolute atomic E-state index is 0.118. The molecule has 0 fully saturated rings. The summed E-state index contributed by atoms with van der Waals surface area (Å²) < 4.78 is 6.63. The number of aryl methyl sites for hydroxylation is 1. The maximum atomic E-state index is 9.95. The molecule has 0 aliphatic carbocycles. The van der Waals surface area contributed by atoms with E-state index in [0.29, 0.717) is 36.1 Å². The average Bonchev–Trinajstić information content (AvgIpc) is 3.20. The molecule has 194 valence electrons. The minimum Gasteiger partial charge on any atom is -0.416 e. The topological polar surface area (TPSA) is 116 Å². The first kappa shape index (κ1) is 26.7. The molecule has 3 N–H and O–H groups in total. The molecular formula is C28H36N6O2Si. The lowest BCUT2D eigenvalue weighted by Crippen LogP contribution is -2.45. The molecule has 0 saturated carbocycles. The maximum Gasteiger partial charge on any atom is 0.227 e. The van der Waals surface area contributed by atoms with Crippen molar-refractivity contribution < 1.29 is 9.53 Å². The second-order valence-corrected chi connectivity index (χ2v) is 16.4. The number of fused-ring (bicyclic) bond motifs is 1.